The summed E-state index contributed by atoms with van der Waals surface area (Å²) in [5.41, 5.74) is 1.12. The summed E-state index contributed by atoms with van der Waals surface area (Å²) in [6, 6.07) is 0.219. The molecule has 2 aliphatic carbocycles. The Bertz CT molecular complexity index is 892. The maximum atomic E-state index is 13.3. The molecule has 2 aromatic heterocycles. The lowest BCUT2D eigenvalue weighted by molar-refractivity contribution is -0.118. The number of rotatable bonds is 6. The fourth-order valence-corrected chi connectivity index (χ4v) is 5.60. The van der Waals surface area contributed by atoms with E-state index >= 15 is 0 Å². The Kier molecular flexibility index (Phi) is 5.10. The Labute approximate surface area is 161 Å². The van der Waals surface area contributed by atoms with Gasteiger partial charge in [-0.2, -0.15) is 0 Å². The standard InChI is InChI=1S/C19H25N3O2S2/c1-11-12(2)26-17-16(11)18(24)22(14-5-3-4-6-14)19(21-17)25-10-15(23)20-9-13-7-8-13/h13-14H,3-10H2,1-2H3,(H,20,23). The van der Waals surface area contributed by atoms with Gasteiger partial charge in [0.2, 0.25) is 5.91 Å². The lowest BCUT2D eigenvalue weighted by Gasteiger charge is -2.18. The number of hydrogen-bond acceptors (Lipinski definition) is 5. The molecule has 2 saturated carbocycles. The van der Waals surface area contributed by atoms with E-state index < -0.39 is 0 Å². The molecule has 7 heteroatoms. The van der Waals surface area contributed by atoms with Crippen molar-refractivity contribution in [3.8, 4) is 0 Å². The SMILES string of the molecule is Cc1sc2nc(SCC(=O)NCC3CC3)n(C3CCCC3)c(=O)c2c1C. The van der Waals surface area contributed by atoms with Crippen LogP contribution in [-0.4, -0.2) is 27.8 Å². The third-order valence-corrected chi connectivity index (χ3v) is 7.56. The van der Waals surface area contributed by atoms with Gasteiger partial charge in [-0.15, -0.1) is 11.3 Å². The molecule has 1 N–H and O–H groups in total. The van der Waals surface area contributed by atoms with Crippen LogP contribution in [0.25, 0.3) is 10.2 Å². The molecule has 4 rings (SSSR count). The second kappa shape index (κ2) is 7.35. The highest BCUT2D eigenvalue weighted by atomic mass is 32.2. The zero-order chi connectivity index (χ0) is 18.3. The Balaban J connectivity index is 1.63. The summed E-state index contributed by atoms with van der Waals surface area (Å²) in [7, 11) is 0. The number of fused-ring (bicyclic) bond motifs is 1. The van der Waals surface area contributed by atoms with E-state index in [0.29, 0.717) is 16.8 Å². The van der Waals surface area contributed by atoms with Gasteiger partial charge in [-0.3, -0.25) is 14.2 Å². The van der Waals surface area contributed by atoms with Crippen molar-refractivity contribution < 1.29 is 4.79 Å². The summed E-state index contributed by atoms with van der Waals surface area (Å²) < 4.78 is 1.88. The van der Waals surface area contributed by atoms with Gasteiger partial charge in [0.25, 0.3) is 5.56 Å². The van der Waals surface area contributed by atoms with Gasteiger partial charge >= 0.3 is 0 Å². The first-order valence-corrected chi connectivity index (χ1v) is 11.3. The summed E-state index contributed by atoms with van der Waals surface area (Å²) in [5, 5.41) is 4.47. The summed E-state index contributed by atoms with van der Waals surface area (Å²) in [6.45, 7) is 4.83. The topological polar surface area (TPSA) is 64.0 Å². The minimum Gasteiger partial charge on any atom is -0.355 e. The van der Waals surface area contributed by atoms with E-state index in [4.69, 9.17) is 4.98 Å². The molecule has 0 atom stereocenters. The molecular weight excluding hydrogens is 366 g/mol. The predicted molar refractivity (Wildman–Crippen MR) is 107 cm³/mol. The number of carbonyl (C=O) groups excluding carboxylic acids is 1. The maximum absolute atomic E-state index is 13.3. The van der Waals surface area contributed by atoms with Gasteiger partial charge < -0.3 is 5.32 Å². The second-order valence-electron chi connectivity index (χ2n) is 7.51. The normalized spacial score (nSPS) is 17.9. The van der Waals surface area contributed by atoms with E-state index in [2.05, 4.69) is 5.32 Å². The van der Waals surface area contributed by atoms with Gasteiger partial charge in [0.1, 0.15) is 4.83 Å². The van der Waals surface area contributed by atoms with Crippen LogP contribution in [0.15, 0.2) is 9.95 Å². The largest absolute Gasteiger partial charge is 0.355 e. The number of aromatic nitrogens is 2. The minimum absolute atomic E-state index is 0.0350. The van der Waals surface area contributed by atoms with Crippen molar-refractivity contribution in [2.24, 2.45) is 5.92 Å². The van der Waals surface area contributed by atoms with E-state index in [-0.39, 0.29) is 17.5 Å². The van der Waals surface area contributed by atoms with Gasteiger partial charge in [-0.05, 0) is 51.0 Å². The van der Waals surface area contributed by atoms with E-state index in [9.17, 15) is 9.59 Å². The molecule has 2 heterocycles. The van der Waals surface area contributed by atoms with Crippen molar-refractivity contribution in [3.63, 3.8) is 0 Å². The third kappa shape index (κ3) is 3.56. The molecule has 2 fully saturated rings. The maximum Gasteiger partial charge on any atom is 0.263 e. The minimum atomic E-state index is 0.0350. The fourth-order valence-electron chi connectivity index (χ4n) is 3.64. The number of nitrogens with one attached hydrogen (secondary N) is 1. The quantitative estimate of drug-likeness (QED) is 0.601. The molecule has 2 aromatic rings. The number of nitrogens with zero attached hydrogens (tertiary/aromatic N) is 2. The van der Waals surface area contributed by atoms with Crippen LogP contribution in [0, 0.1) is 19.8 Å². The lowest BCUT2D eigenvalue weighted by atomic mass is 10.2. The first-order chi connectivity index (χ1) is 12.5. The van der Waals surface area contributed by atoms with Crippen LogP contribution in [0.1, 0.15) is 55.0 Å². The molecule has 0 unspecified atom stereocenters. The molecule has 5 nitrogen and oxygen atoms in total. The average molecular weight is 392 g/mol. The molecule has 0 saturated heterocycles. The molecule has 0 bridgehead atoms. The highest BCUT2D eigenvalue weighted by Gasteiger charge is 2.26. The van der Waals surface area contributed by atoms with Gasteiger partial charge in [0.15, 0.2) is 5.16 Å². The zero-order valence-corrected chi connectivity index (χ0v) is 17.0. The predicted octanol–water partition coefficient (Wildman–Crippen LogP) is 3.81. The fraction of sp³-hybridized carbons (Fsp3) is 0.632. The first kappa shape index (κ1) is 18.0. The molecule has 0 aliphatic heterocycles. The van der Waals surface area contributed by atoms with E-state index in [1.807, 2.05) is 18.4 Å². The zero-order valence-electron chi connectivity index (χ0n) is 15.3. The van der Waals surface area contributed by atoms with E-state index in [1.165, 1.54) is 24.6 Å². The number of thioether (sulfide) groups is 1. The summed E-state index contributed by atoms with van der Waals surface area (Å²) in [5.74, 6) is 1.03. The highest BCUT2D eigenvalue weighted by molar-refractivity contribution is 7.99. The molecule has 0 radical (unpaired) electrons. The molecule has 26 heavy (non-hydrogen) atoms. The van der Waals surface area contributed by atoms with Crippen LogP contribution in [0.3, 0.4) is 0 Å². The molecule has 0 spiro atoms. The Morgan fingerprint density at radius 1 is 1.27 bits per heavy atom. The molecule has 2 aliphatic rings. The number of aryl methyl sites for hydroxylation is 2. The van der Waals surface area contributed by atoms with Crippen LogP contribution in [0.2, 0.25) is 0 Å². The molecule has 0 aromatic carbocycles. The molecule has 1 amide bonds. The Morgan fingerprint density at radius 3 is 2.69 bits per heavy atom. The number of hydrogen-bond donors (Lipinski definition) is 1. The smallest absolute Gasteiger partial charge is 0.263 e. The summed E-state index contributed by atoms with van der Waals surface area (Å²) >= 11 is 2.98. The second-order valence-corrected chi connectivity index (χ2v) is 9.65. The van der Waals surface area contributed by atoms with Crippen molar-refractivity contribution in [3.05, 3.63) is 20.8 Å². The molecule has 140 valence electrons. The van der Waals surface area contributed by atoms with Gasteiger partial charge in [0.05, 0.1) is 11.1 Å². The third-order valence-electron chi connectivity index (χ3n) is 5.51. The van der Waals surface area contributed by atoms with Gasteiger partial charge in [0, 0.05) is 17.5 Å². The average Bonchev–Trinajstić information content (AvgIpc) is 3.21. The molecular formula is C19H25N3O2S2. The van der Waals surface area contributed by atoms with Gasteiger partial charge in [-0.25, -0.2) is 4.98 Å². The number of carbonyl (C=O) groups is 1. The van der Waals surface area contributed by atoms with Crippen molar-refractivity contribution >= 4 is 39.2 Å². The van der Waals surface area contributed by atoms with Crippen LogP contribution in [0.4, 0.5) is 0 Å². The van der Waals surface area contributed by atoms with Crippen molar-refractivity contribution in [1.82, 2.24) is 14.9 Å². The van der Waals surface area contributed by atoms with Gasteiger partial charge in [-0.1, -0.05) is 24.6 Å². The first-order valence-electron chi connectivity index (χ1n) is 9.46. The van der Waals surface area contributed by atoms with E-state index in [0.717, 1.165) is 52.9 Å². The summed E-state index contributed by atoms with van der Waals surface area (Å²) in [6.07, 6.45) is 6.81. The van der Waals surface area contributed by atoms with E-state index in [1.54, 1.807) is 11.3 Å². The van der Waals surface area contributed by atoms with Crippen molar-refractivity contribution in [1.29, 1.82) is 0 Å². The highest BCUT2D eigenvalue weighted by Crippen LogP contribution is 2.34. The number of amides is 1. The van der Waals surface area contributed by atoms with Crippen molar-refractivity contribution in [2.45, 2.75) is 63.6 Å². The van der Waals surface area contributed by atoms with Crippen molar-refractivity contribution in [2.75, 3.05) is 12.3 Å². The van der Waals surface area contributed by atoms with Crippen LogP contribution >= 0.6 is 23.1 Å². The Hall–Kier alpha value is -1.34. The van der Waals surface area contributed by atoms with Crippen LogP contribution in [-0.2, 0) is 4.79 Å². The number of thiophene rings is 1. The summed E-state index contributed by atoms with van der Waals surface area (Å²) in [4.78, 5) is 32.2. The monoisotopic (exact) mass is 391 g/mol. The Morgan fingerprint density at radius 2 is 2.00 bits per heavy atom. The van der Waals surface area contributed by atoms with Crippen LogP contribution < -0.4 is 10.9 Å². The van der Waals surface area contributed by atoms with Crippen LogP contribution in [0.5, 0.6) is 0 Å². The lowest BCUT2D eigenvalue weighted by Crippen LogP contribution is -2.29.